The number of hydrogen-bond acceptors (Lipinski definition) is 5. The van der Waals surface area contributed by atoms with Gasteiger partial charge in [0.15, 0.2) is 0 Å². The van der Waals surface area contributed by atoms with E-state index in [4.69, 9.17) is 4.74 Å². The number of carbonyl (C=O) groups is 2. The first-order valence-corrected chi connectivity index (χ1v) is 13.1. The first-order valence-electron chi connectivity index (χ1n) is 13.1. The van der Waals surface area contributed by atoms with Crippen LogP contribution in [0.5, 0.6) is 11.5 Å². The monoisotopic (exact) mass is 524 g/mol. The maximum absolute atomic E-state index is 12.7. The van der Waals surface area contributed by atoms with Crippen LogP contribution in [0.2, 0.25) is 0 Å². The number of ether oxygens (including phenoxy) is 1. The summed E-state index contributed by atoms with van der Waals surface area (Å²) in [7, 11) is 0. The van der Waals surface area contributed by atoms with Crippen molar-refractivity contribution < 1.29 is 14.3 Å². The van der Waals surface area contributed by atoms with E-state index in [1.54, 1.807) is 0 Å². The number of carbonyl (C=O) groups excluding carboxylic acids is 2. The second-order valence-electron chi connectivity index (χ2n) is 9.41. The van der Waals surface area contributed by atoms with Gasteiger partial charge in [0.05, 0.1) is 11.2 Å². The van der Waals surface area contributed by atoms with Crippen molar-refractivity contribution in [3.05, 3.63) is 90.6 Å². The second kappa shape index (κ2) is 12.3. The van der Waals surface area contributed by atoms with Gasteiger partial charge in [0.1, 0.15) is 11.5 Å². The number of pyridine rings is 1. The number of aryl methyl sites for hydroxylation is 1. The van der Waals surface area contributed by atoms with Crippen molar-refractivity contribution in [2.75, 3.05) is 49.9 Å². The van der Waals surface area contributed by atoms with E-state index in [1.165, 1.54) is 0 Å². The Kier molecular flexibility index (Phi) is 8.18. The first kappa shape index (κ1) is 26.0. The summed E-state index contributed by atoms with van der Waals surface area (Å²) >= 11 is 0. The molecule has 3 aromatic carbocycles. The van der Waals surface area contributed by atoms with E-state index in [9.17, 15) is 9.59 Å². The molecule has 0 unspecified atom stereocenters. The molecule has 0 spiro atoms. The van der Waals surface area contributed by atoms with Crippen LogP contribution in [0.1, 0.15) is 5.69 Å². The summed E-state index contributed by atoms with van der Waals surface area (Å²) in [5.74, 6) is 1.47. The summed E-state index contributed by atoms with van der Waals surface area (Å²) in [5.41, 5.74) is 3.16. The Morgan fingerprint density at radius 3 is 2.31 bits per heavy atom. The molecule has 3 N–H and O–H groups in total. The summed E-state index contributed by atoms with van der Waals surface area (Å²) in [6.45, 7) is 5.86. The molecule has 39 heavy (non-hydrogen) atoms. The van der Waals surface area contributed by atoms with Crippen LogP contribution < -0.4 is 20.7 Å². The number of nitrogens with zero attached hydrogens (tertiary/aromatic N) is 3. The third kappa shape index (κ3) is 7.03. The lowest BCUT2D eigenvalue weighted by Crippen LogP contribution is -2.51. The average molecular weight is 525 g/mol. The largest absolute Gasteiger partial charge is 0.457 e. The normalized spacial score (nSPS) is 13.6. The minimum absolute atomic E-state index is 0.122. The van der Waals surface area contributed by atoms with Crippen LogP contribution in [0.4, 0.5) is 21.0 Å². The molecule has 4 aromatic rings. The molecular formula is C30H32N6O3. The van der Waals surface area contributed by atoms with E-state index in [-0.39, 0.29) is 12.1 Å². The van der Waals surface area contributed by atoms with Crippen molar-refractivity contribution in [1.29, 1.82) is 0 Å². The highest BCUT2D eigenvalue weighted by atomic mass is 16.5. The number of aromatic nitrogens is 1. The summed E-state index contributed by atoms with van der Waals surface area (Å²) < 4.78 is 5.80. The maximum atomic E-state index is 12.7. The van der Waals surface area contributed by atoms with Crippen LogP contribution in [-0.2, 0) is 0 Å². The first-order chi connectivity index (χ1) is 19.0. The van der Waals surface area contributed by atoms with Gasteiger partial charge in [-0.05, 0) is 55.5 Å². The van der Waals surface area contributed by atoms with Gasteiger partial charge in [-0.3, -0.25) is 9.88 Å². The van der Waals surface area contributed by atoms with Crippen LogP contribution in [-0.4, -0.2) is 66.1 Å². The molecule has 5 rings (SSSR count). The standard InChI is InChI=1S/C30H32N6O3/c1-22-21-28(26-9-5-6-10-27(26)32-22)34-29(37)31-15-16-35-17-19-36(20-18-35)30(38)33-23-11-13-25(14-12-23)39-24-7-3-2-4-8-24/h2-14,21H,15-20H2,1H3,(H,33,38)(H2,31,32,34,37). The van der Waals surface area contributed by atoms with Crippen LogP contribution >= 0.6 is 0 Å². The van der Waals surface area contributed by atoms with Crippen LogP contribution in [0.15, 0.2) is 84.9 Å². The fraction of sp³-hybridized carbons (Fsp3) is 0.233. The summed E-state index contributed by atoms with van der Waals surface area (Å²) in [4.78, 5) is 33.8. The zero-order valence-electron chi connectivity index (χ0n) is 21.9. The number of urea groups is 2. The molecule has 0 atom stereocenters. The fourth-order valence-electron chi connectivity index (χ4n) is 4.51. The number of rotatable bonds is 7. The van der Waals surface area contributed by atoms with Gasteiger partial charge >= 0.3 is 12.1 Å². The van der Waals surface area contributed by atoms with Gasteiger partial charge in [-0.2, -0.15) is 0 Å². The molecule has 0 saturated carbocycles. The van der Waals surface area contributed by atoms with Crippen molar-refractivity contribution in [2.45, 2.75) is 6.92 Å². The Morgan fingerprint density at radius 2 is 1.54 bits per heavy atom. The number of para-hydroxylation sites is 2. The molecule has 0 aliphatic carbocycles. The summed E-state index contributed by atoms with van der Waals surface area (Å²) in [6, 6.07) is 26.2. The molecule has 1 aliphatic heterocycles. The Labute approximate surface area is 227 Å². The van der Waals surface area contributed by atoms with E-state index in [2.05, 4.69) is 25.8 Å². The number of nitrogens with one attached hydrogen (secondary N) is 3. The van der Waals surface area contributed by atoms with Crippen molar-refractivity contribution in [1.82, 2.24) is 20.1 Å². The lowest BCUT2D eigenvalue weighted by Gasteiger charge is -2.34. The summed E-state index contributed by atoms with van der Waals surface area (Å²) in [5, 5.41) is 9.75. The highest BCUT2D eigenvalue weighted by molar-refractivity contribution is 6.00. The van der Waals surface area contributed by atoms with Crippen molar-refractivity contribution >= 4 is 34.3 Å². The minimum Gasteiger partial charge on any atom is -0.457 e. The molecule has 4 amide bonds. The quantitative estimate of drug-likeness (QED) is 0.305. The number of fused-ring (bicyclic) bond motifs is 1. The predicted octanol–water partition coefficient (Wildman–Crippen LogP) is 5.31. The second-order valence-corrected chi connectivity index (χ2v) is 9.41. The van der Waals surface area contributed by atoms with Gasteiger partial charge in [-0.15, -0.1) is 0 Å². The lowest BCUT2D eigenvalue weighted by atomic mass is 10.1. The number of amides is 4. The molecule has 0 bridgehead atoms. The minimum atomic E-state index is -0.246. The third-order valence-electron chi connectivity index (χ3n) is 6.55. The zero-order valence-corrected chi connectivity index (χ0v) is 21.9. The molecule has 1 aromatic heterocycles. The molecule has 1 aliphatic rings. The molecule has 200 valence electrons. The molecule has 1 fully saturated rings. The molecular weight excluding hydrogens is 492 g/mol. The fourth-order valence-corrected chi connectivity index (χ4v) is 4.51. The molecule has 9 nitrogen and oxygen atoms in total. The van der Waals surface area contributed by atoms with E-state index in [1.807, 2.05) is 96.8 Å². The van der Waals surface area contributed by atoms with Crippen molar-refractivity contribution in [3.8, 4) is 11.5 Å². The number of benzene rings is 3. The van der Waals surface area contributed by atoms with Crippen molar-refractivity contribution in [3.63, 3.8) is 0 Å². The molecule has 1 saturated heterocycles. The number of hydrogen-bond donors (Lipinski definition) is 3. The Balaban J connectivity index is 1.02. The highest BCUT2D eigenvalue weighted by Crippen LogP contribution is 2.24. The van der Waals surface area contributed by atoms with Gasteiger partial charge in [-0.25, -0.2) is 9.59 Å². The van der Waals surface area contributed by atoms with Crippen LogP contribution in [0, 0.1) is 6.92 Å². The zero-order chi connectivity index (χ0) is 27.0. The Bertz CT molecular complexity index is 1420. The van der Waals surface area contributed by atoms with E-state index in [0.717, 1.165) is 46.8 Å². The Morgan fingerprint density at radius 1 is 0.846 bits per heavy atom. The molecule has 0 radical (unpaired) electrons. The van der Waals surface area contributed by atoms with Gasteiger partial charge < -0.3 is 25.6 Å². The third-order valence-corrected chi connectivity index (χ3v) is 6.55. The number of piperazine rings is 1. The van der Waals surface area contributed by atoms with Gasteiger partial charge in [0.25, 0.3) is 0 Å². The summed E-state index contributed by atoms with van der Waals surface area (Å²) in [6.07, 6.45) is 0. The van der Waals surface area contributed by atoms with Crippen LogP contribution in [0.3, 0.4) is 0 Å². The van der Waals surface area contributed by atoms with E-state index < -0.39 is 0 Å². The van der Waals surface area contributed by atoms with Gasteiger partial charge in [0, 0.05) is 56.0 Å². The van der Waals surface area contributed by atoms with Gasteiger partial charge in [0.2, 0.25) is 0 Å². The van der Waals surface area contributed by atoms with Crippen molar-refractivity contribution in [2.24, 2.45) is 0 Å². The predicted molar refractivity (Wildman–Crippen MR) is 153 cm³/mol. The Hall–Kier alpha value is -4.63. The van der Waals surface area contributed by atoms with Gasteiger partial charge in [-0.1, -0.05) is 36.4 Å². The SMILES string of the molecule is Cc1cc(NC(=O)NCCN2CCN(C(=O)Nc3ccc(Oc4ccccc4)cc3)CC2)c2ccccc2n1. The lowest BCUT2D eigenvalue weighted by molar-refractivity contribution is 0.148. The van der Waals surface area contributed by atoms with Crippen LogP contribution in [0.25, 0.3) is 10.9 Å². The van der Waals surface area contributed by atoms with E-state index in [0.29, 0.717) is 31.9 Å². The topological polar surface area (TPSA) is 98.8 Å². The van der Waals surface area contributed by atoms with E-state index >= 15 is 0 Å². The smallest absolute Gasteiger partial charge is 0.321 e. The molecule has 9 heteroatoms. The highest BCUT2D eigenvalue weighted by Gasteiger charge is 2.21. The maximum Gasteiger partial charge on any atom is 0.321 e. The average Bonchev–Trinajstić information content (AvgIpc) is 2.95. The number of anilines is 2. The molecule has 2 heterocycles.